The molecule has 0 saturated heterocycles. The van der Waals surface area contributed by atoms with Gasteiger partial charge in [0, 0.05) is 60.1 Å². The summed E-state index contributed by atoms with van der Waals surface area (Å²) in [7, 11) is -14.9. The largest absolute Gasteiger partial charge is 0.491 e. The lowest BCUT2D eigenvalue weighted by atomic mass is 9.99. The highest BCUT2D eigenvalue weighted by molar-refractivity contribution is 7.92. The molecule has 4 N–H and O–H groups in total. The molecule has 0 spiro atoms. The van der Waals surface area contributed by atoms with E-state index in [9.17, 15) is 26.0 Å². The Kier molecular flexibility index (Phi) is 20.9. The van der Waals surface area contributed by atoms with Crippen LogP contribution in [0.25, 0.3) is 66.1 Å². The molecule has 0 amide bonds. The number of phosphoric ester groups is 2. The molecule has 0 radical (unpaired) electrons. The van der Waals surface area contributed by atoms with Crippen LogP contribution in [0.3, 0.4) is 0 Å². The molecule has 2 aliphatic rings. The Labute approximate surface area is 516 Å². The predicted molar refractivity (Wildman–Crippen MR) is 346 cm³/mol. The molecule has 4 aromatic heterocycles. The number of fused-ring (bicyclic) bond motifs is 6. The SMILES string of the molecule is CCN(CCCOc1ccc(-c2cccc(S(=O)(=O)C3CC3)c2)c2c1[nH]c1ncc(C)cc12)CCOP(=O)(O)O.CCN(CCCOc1ccc(-c2cccc(S(=O)(=O)C3CC3)c2)c2c1[nH]c1ncc(C)cc12)CCOP(=O)(OC(C)(C)C)OC(C)(C)C. The van der Waals surface area contributed by atoms with E-state index in [2.05, 4.69) is 48.4 Å². The molecular weight excluding hydrogens is 1200 g/mol. The van der Waals surface area contributed by atoms with Crippen molar-refractivity contribution in [2.24, 2.45) is 0 Å². The lowest BCUT2D eigenvalue weighted by Crippen LogP contribution is -2.30. The molecule has 0 unspecified atom stereocenters. The highest BCUT2D eigenvalue weighted by Gasteiger charge is 2.39. The highest BCUT2D eigenvalue weighted by Crippen LogP contribution is 2.55. The summed E-state index contributed by atoms with van der Waals surface area (Å²) in [6.07, 6.45) is 7.96. The van der Waals surface area contributed by atoms with E-state index in [0.29, 0.717) is 79.9 Å². The number of sulfone groups is 2. The summed E-state index contributed by atoms with van der Waals surface area (Å²) in [5, 5.41) is 3.22. The van der Waals surface area contributed by atoms with Crippen LogP contribution in [0.4, 0.5) is 0 Å². The van der Waals surface area contributed by atoms with Crippen molar-refractivity contribution in [2.75, 3.05) is 65.7 Å². The van der Waals surface area contributed by atoms with Gasteiger partial charge in [-0.25, -0.2) is 35.9 Å². The molecule has 0 aliphatic heterocycles. The third kappa shape index (κ3) is 17.1. The second-order valence-corrected chi connectivity index (χ2v) is 31.8. The van der Waals surface area contributed by atoms with E-state index in [1.54, 1.807) is 36.5 Å². The molecule has 4 heterocycles. The van der Waals surface area contributed by atoms with Gasteiger partial charge in [-0.3, -0.25) is 18.1 Å². The first-order valence-corrected chi connectivity index (χ1v) is 36.2. The number of nitrogens with one attached hydrogen (secondary N) is 2. The van der Waals surface area contributed by atoms with Crippen molar-refractivity contribution in [1.29, 1.82) is 0 Å². The molecule has 8 aromatic rings. The molecule has 24 heteroatoms. The molecule has 20 nitrogen and oxygen atoms in total. The van der Waals surface area contributed by atoms with Crippen molar-refractivity contribution in [2.45, 2.75) is 139 Å². The van der Waals surface area contributed by atoms with Gasteiger partial charge >= 0.3 is 15.6 Å². The van der Waals surface area contributed by atoms with Gasteiger partial charge in [0.15, 0.2) is 19.7 Å². The lowest BCUT2D eigenvalue weighted by Gasteiger charge is -2.31. The Morgan fingerprint density at radius 1 is 0.568 bits per heavy atom. The number of H-pyrrole nitrogens is 2. The van der Waals surface area contributed by atoms with Crippen LogP contribution in [0.1, 0.15) is 105 Å². The highest BCUT2D eigenvalue weighted by atomic mass is 32.2. The molecule has 88 heavy (non-hydrogen) atoms. The number of nitrogens with zero attached hydrogens (tertiary/aromatic N) is 4. The number of aromatic amines is 2. The molecule has 476 valence electrons. The summed E-state index contributed by atoms with van der Waals surface area (Å²) in [6, 6.07) is 26.4. The molecule has 2 aliphatic carbocycles. The van der Waals surface area contributed by atoms with E-state index in [1.165, 1.54) is 0 Å². The first-order chi connectivity index (χ1) is 41.5. The zero-order valence-electron chi connectivity index (χ0n) is 52.0. The number of hydrogen-bond donors (Lipinski definition) is 4. The summed E-state index contributed by atoms with van der Waals surface area (Å²) < 4.78 is 111. The lowest BCUT2D eigenvalue weighted by molar-refractivity contribution is 0.00101. The van der Waals surface area contributed by atoms with E-state index in [-0.39, 0.29) is 23.7 Å². The zero-order chi connectivity index (χ0) is 63.4. The van der Waals surface area contributed by atoms with Gasteiger partial charge in [0.1, 0.15) is 22.8 Å². The number of aromatic nitrogens is 4. The van der Waals surface area contributed by atoms with Crippen LogP contribution in [0.5, 0.6) is 11.5 Å². The number of aryl methyl sites for hydroxylation is 2. The van der Waals surface area contributed by atoms with E-state index in [4.69, 9.17) is 32.8 Å². The summed E-state index contributed by atoms with van der Waals surface area (Å²) in [6.45, 7) is 23.9. The normalized spacial score (nSPS) is 14.6. The molecule has 0 atom stereocenters. The number of phosphoric acid groups is 2. The minimum absolute atomic E-state index is 0.0499. The van der Waals surface area contributed by atoms with Crippen molar-refractivity contribution in [3.63, 3.8) is 0 Å². The van der Waals surface area contributed by atoms with Crippen LogP contribution in [-0.4, -0.2) is 144 Å². The minimum atomic E-state index is -4.47. The standard InChI is InChI=1S/C36H50N3O7PS.C28H34N3O7PS/c1-9-39(19-21-44-47(40,45-35(3,4)5)46-36(6,7)8)18-11-20-43-31-17-16-29(32-30-22-25(2)24-37-34(30)38-33(31)32)26-12-10-13-28(23-26)48(41,42)27-14-15-27;1-3-31(13-15-38-39(32,33)34)12-5-14-37-25-11-10-23(26-24-16-19(2)18-29-28(24)30-27(25)26)20-6-4-7-22(17-20)40(35,36)21-8-9-21/h10,12-13,16-17,22-24,27H,9,11,14-15,18-21H2,1-8H3,(H,37,38);4,6-7,10-11,16-18,21H,3,5,8-9,12-15H2,1-2H3,(H,29,30)(H2,32,33,34). The van der Waals surface area contributed by atoms with Gasteiger partial charge in [0.05, 0.1) is 69.0 Å². The van der Waals surface area contributed by atoms with Crippen LogP contribution in [0.2, 0.25) is 0 Å². The van der Waals surface area contributed by atoms with Gasteiger partial charge in [-0.2, -0.15) is 0 Å². The van der Waals surface area contributed by atoms with Crippen LogP contribution in [0, 0.1) is 13.8 Å². The predicted octanol–water partition coefficient (Wildman–Crippen LogP) is 13.3. The number of likely N-dealkylation sites (N-methyl/N-ethyl adjacent to an activating group) is 2. The van der Waals surface area contributed by atoms with Crippen LogP contribution in [0.15, 0.2) is 107 Å². The summed E-state index contributed by atoms with van der Waals surface area (Å²) in [5.41, 5.74) is 7.22. The number of ether oxygens (including phenoxy) is 2. The Balaban J connectivity index is 0.000000213. The monoisotopic (exact) mass is 1290 g/mol. The molecule has 10 rings (SSSR count). The number of rotatable bonds is 28. The van der Waals surface area contributed by atoms with Gasteiger partial charge in [0.25, 0.3) is 0 Å². The molecule has 2 saturated carbocycles. The maximum Gasteiger partial charge on any atom is 0.475 e. The first-order valence-electron chi connectivity index (χ1n) is 30.1. The van der Waals surface area contributed by atoms with Crippen molar-refractivity contribution < 1.29 is 63.3 Å². The van der Waals surface area contributed by atoms with E-state index in [1.807, 2.05) is 116 Å². The van der Waals surface area contributed by atoms with Crippen molar-refractivity contribution in [1.82, 2.24) is 29.7 Å². The maximum absolute atomic E-state index is 13.4. The summed E-state index contributed by atoms with van der Waals surface area (Å²) in [5.74, 6) is 1.38. The second-order valence-electron chi connectivity index (χ2n) is 24.6. The van der Waals surface area contributed by atoms with Gasteiger partial charge in [-0.15, -0.1) is 0 Å². The van der Waals surface area contributed by atoms with Crippen LogP contribution >= 0.6 is 15.6 Å². The van der Waals surface area contributed by atoms with Gasteiger partial charge in [-0.05, 0) is 201 Å². The van der Waals surface area contributed by atoms with E-state index in [0.717, 1.165) is 110 Å². The third-order valence-corrected chi connectivity index (χ3v) is 22.1. The topological polar surface area (TPSA) is 262 Å². The van der Waals surface area contributed by atoms with Crippen molar-refractivity contribution in [3.8, 4) is 33.8 Å². The van der Waals surface area contributed by atoms with Crippen molar-refractivity contribution >= 4 is 79.2 Å². The minimum Gasteiger partial charge on any atom is -0.491 e. The smallest absolute Gasteiger partial charge is 0.475 e. The van der Waals surface area contributed by atoms with E-state index >= 15 is 0 Å². The third-order valence-electron chi connectivity index (χ3n) is 15.0. The first kappa shape index (κ1) is 66.8. The quantitative estimate of drug-likeness (QED) is 0.0262. The molecule has 0 bridgehead atoms. The average molecular weight is 1290 g/mol. The summed E-state index contributed by atoms with van der Waals surface area (Å²) in [4.78, 5) is 38.8. The van der Waals surface area contributed by atoms with Crippen LogP contribution < -0.4 is 9.47 Å². The van der Waals surface area contributed by atoms with Gasteiger partial charge in [0.2, 0.25) is 0 Å². The number of pyridine rings is 2. The molecule has 4 aromatic carbocycles. The number of hydrogen-bond acceptors (Lipinski definition) is 16. The molecule has 2 fully saturated rings. The van der Waals surface area contributed by atoms with E-state index < -0.39 is 46.5 Å². The maximum atomic E-state index is 13.4. The Morgan fingerprint density at radius 3 is 1.35 bits per heavy atom. The average Bonchev–Trinajstić information content (AvgIpc) is 2.46. The fourth-order valence-corrected chi connectivity index (χ4v) is 16.1. The second kappa shape index (κ2) is 27.5. The van der Waals surface area contributed by atoms with Gasteiger partial charge in [-0.1, -0.05) is 38.1 Å². The van der Waals surface area contributed by atoms with Crippen LogP contribution in [-0.2, 0) is 46.9 Å². The Hall–Kier alpha value is -5.58. The Morgan fingerprint density at radius 2 is 0.977 bits per heavy atom. The fraction of sp³-hybridized carbons (Fsp3) is 0.469. The fourth-order valence-electron chi connectivity index (χ4n) is 10.6. The molecular formula is C64H84N6O14P2S2. The zero-order valence-corrected chi connectivity index (χ0v) is 55.4. The Bertz CT molecular complexity index is 4090. The van der Waals surface area contributed by atoms with Gasteiger partial charge < -0.3 is 39.0 Å². The summed E-state index contributed by atoms with van der Waals surface area (Å²) >= 11 is 0. The number of benzene rings is 4. The van der Waals surface area contributed by atoms with Crippen molar-refractivity contribution in [3.05, 3.63) is 108 Å².